The van der Waals surface area contributed by atoms with Crippen LogP contribution in [0.3, 0.4) is 0 Å². The summed E-state index contributed by atoms with van der Waals surface area (Å²) in [5, 5.41) is 17.7. The highest BCUT2D eigenvalue weighted by Crippen LogP contribution is 2.04. The zero-order valence-corrected chi connectivity index (χ0v) is 11.7. The number of rotatable bonds is 9. The van der Waals surface area contributed by atoms with Crippen LogP contribution < -0.4 is 10.6 Å². The van der Waals surface area contributed by atoms with Crippen molar-refractivity contribution in [2.24, 2.45) is 0 Å². The number of aliphatic hydroxyl groups excluding tert-OH is 1. The van der Waals surface area contributed by atoms with Gasteiger partial charge in [0.15, 0.2) is 0 Å². The largest absolute Gasteiger partial charge is 0.396 e. The van der Waals surface area contributed by atoms with E-state index in [0.29, 0.717) is 18.7 Å². The Hall–Kier alpha value is -1.40. The van der Waals surface area contributed by atoms with Crippen LogP contribution in [0.25, 0.3) is 0 Å². The maximum absolute atomic E-state index is 11.6. The lowest BCUT2D eigenvalue weighted by Crippen LogP contribution is -2.31. The van der Waals surface area contributed by atoms with Crippen LogP contribution in [0.15, 0.2) is 16.8 Å². The van der Waals surface area contributed by atoms with Crippen molar-refractivity contribution < 1.29 is 14.7 Å². The van der Waals surface area contributed by atoms with Crippen LogP contribution in [0.5, 0.6) is 0 Å². The van der Waals surface area contributed by atoms with E-state index >= 15 is 0 Å². The summed E-state index contributed by atoms with van der Waals surface area (Å²) < 4.78 is 0. The molecule has 1 aromatic rings. The topological polar surface area (TPSA) is 78.4 Å². The minimum Gasteiger partial charge on any atom is -0.396 e. The Kier molecular flexibility index (Phi) is 7.84. The number of carbonyl (C=O) groups excluding carboxylic acids is 2. The van der Waals surface area contributed by atoms with Crippen LogP contribution in [-0.2, 0) is 4.79 Å². The quantitative estimate of drug-likeness (QED) is 0.595. The number of unbranched alkanes of at least 4 members (excludes halogenated alkanes) is 2. The smallest absolute Gasteiger partial charge is 0.252 e. The van der Waals surface area contributed by atoms with Crippen molar-refractivity contribution in [3.05, 3.63) is 22.4 Å². The first-order chi connectivity index (χ1) is 9.24. The molecule has 0 fully saturated rings. The van der Waals surface area contributed by atoms with Crippen LogP contribution >= 0.6 is 11.3 Å². The van der Waals surface area contributed by atoms with Gasteiger partial charge in [0.2, 0.25) is 5.91 Å². The van der Waals surface area contributed by atoms with E-state index in [4.69, 9.17) is 5.11 Å². The van der Waals surface area contributed by atoms with Crippen LogP contribution in [0, 0.1) is 0 Å². The fourth-order valence-corrected chi connectivity index (χ4v) is 2.15. The first-order valence-electron chi connectivity index (χ1n) is 6.42. The zero-order chi connectivity index (χ0) is 13.9. The van der Waals surface area contributed by atoms with Crippen molar-refractivity contribution in [3.8, 4) is 0 Å². The molecule has 1 aromatic heterocycles. The van der Waals surface area contributed by atoms with Gasteiger partial charge < -0.3 is 15.7 Å². The molecule has 0 aromatic carbocycles. The maximum Gasteiger partial charge on any atom is 0.252 e. The molecule has 2 amide bonds. The summed E-state index contributed by atoms with van der Waals surface area (Å²) in [5.74, 6) is -0.202. The number of amides is 2. The molecule has 0 saturated heterocycles. The Bertz CT molecular complexity index is 379. The summed E-state index contributed by atoms with van der Waals surface area (Å²) >= 11 is 1.47. The molecule has 0 radical (unpaired) electrons. The normalized spacial score (nSPS) is 10.2. The fraction of sp³-hybridized carbons (Fsp3) is 0.538. The van der Waals surface area contributed by atoms with Crippen molar-refractivity contribution in [1.82, 2.24) is 10.6 Å². The zero-order valence-electron chi connectivity index (χ0n) is 10.9. The lowest BCUT2D eigenvalue weighted by Gasteiger charge is -2.06. The van der Waals surface area contributed by atoms with Crippen molar-refractivity contribution in [3.63, 3.8) is 0 Å². The first-order valence-corrected chi connectivity index (χ1v) is 7.36. The predicted molar refractivity (Wildman–Crippen MR) is 75.2 cm³/mol. The highest BCUT2D eigenvalue weighted by Gasteiger charge is 2.06. The lowest BCUT2D eigenvalue weighted by molar-refractivity contribution is -0.120. The van der Waals surface area contributed by atoms with Gasteiger partial charge in [0.05, 0.1) is 0 Å². The highest BCUT2D eigenvalue weighted by atomic mass is 32.1. The van der Waals surface area contributed by atoms with Gasteiger partial charge in [0.1, 0.15) is 0 Å². The molecule has 0 atom stereocenters. The summed E-state index contributed by atoms with van der Waals surface area (Å²) in [6.45, 7) is 1.16. The summed E-state index contributed by atoms with van der Waals surface area (Å²) in [5.41, 5.74) is 0.634. The minimum absolute atomic E-state index is 0.0605. The van der Waals surface area contributed by atoms with E-state index < -0.39 is 0 Å². The van der Waals surface area contributed by atoms with Crippen LogP contribution in [0.4, 0.5) is 0 Å². The van der Waals surface area contributed by atoms with E-state index in [0.717, 1.165) is 19.3 Å². The monoisotopic (exact) mass is 284 g/mol. The maximum atomic E-state index is 11.6. The lowest BCUT2D eigenvalue weighted by atomic mass is 10.2. The van der Waals surface area contributed by atoms with E-state index in [9.17, 15) is 9.59 Å². The van der Waals surface area contributed by atoms with Crippen molar-refractivity contribution >= 4 is 23.2 Å². The summed E-state index contributed by atoms with van der Waals surface area (Å²) in [6, 6.07) is 1.75. The Morgan fingerprint density at radius 1 is 1.16 bits per heavy atom. The minimum atomic E-state index is -0.142. The summed E-state index contributed by atoms with van der Waals surface area (Å²) in [4.78, 5) is 23.0. The predicted octanol–water partition coefficient (Wildman–Crippen LogP) is 1.15. The molecular weight excluding hydrogens is 264 g/mol. The molecule has 0 aliphatic rings. The van der Waals surface area contributed by atoms with Gasteiger partial charge in [-0.3, -0.25) is 9.59 Å². The van der Waals surface area contributed by atoms with Crippen molar-refractivity contribution in [2.75, 3.05) is 19.7 Å². The third kappa shape index (κ3) is 6.93. The Morgan fingerprint density at radius 2 is 2.00 bits per heavy atom. The van der Waals surface area contributed by atoms with Gasteiger partial charge in [-0.05, 0) is 30.7 Å². The van der Waals surface area contributed by atoms with Gasteiger partial charge in [0, 0.05) is 37.1 Å². The van der Waals surface area contributed by atoms with Gasteiger partial charge in [-0.15, -0.1) is 0 Å². The summed E-state index contributed by atoms with van der Waals surface area (Å²) in [7, 11) is 0. The molecule has 6 heteroatoms. The van der Waals surface area contributed by atoms with E-state index in [1.165, 1.54) is 11.3 Å². The molecule has 0 aliphatic carbocycles. The molecule has 0 unspecified atom stereocenters. The Balaban J connectivity index is 2.02. The Morgan fingerprint density at radius 3 is 2.68 bits per heavy atom. The molecule has 1 rings (SSSR count). The number of hydrogen-bond acceptors (Lipinski definition) is 4. The number of nitrogens with one attached hydrogen (secondary N) is 2. The van der Waals surface area contributed by atoms with Crippen LogP contribution in [0.1, 0.15) is 36.0 Å². The second-order valence-electron chi connectivity index (χ2n) is 4.15. The van der Waals surface area contributed by atoms with Gasteiger partial charge in [0.25, 0.3) is 5.91 Å². The Labute approximate surface area is 117 Å². The molecule has 1 heterocycles. The van der Waals surface area contributed by atoms with Gasteiger partial charge in [-0.2, -0.15) is 11.3 Å². The van der Waals surface area contributed by atoms with E-state index in [1.54, 1.807) is 11.4 Å². The molecule has 106 valence electrons. The van der Waals surface area contributed by atoms with Gasteiger partial charge in [-0.1, -0.05) is 0 Å². The van der Waals surface area contributed by atoms with Gasteiger partial charge in [-0.25, -0.2) is 0 Å². The highest BCUT2D eigenvalue weighted by molar-refractivity contribution is 7.08. The van der Waals surface area contributed by atoms with Gasteiger partial charge >= 0.3 is 0 Å². The standard InChI is InChI=1S/C13H20N2O3S/c16-8-3-1-2-6-14-12(17)4-7-15-13(18)11-5-9-19-10-11/h5,9-10,16H,1-4,6-8H2,(H,14,17)(H,15,18). The third-order valence-electron chi connectivity index (χ3n) is 2.58. The molecule has 0 spiro atoms. The third-order valence-corrected chi connectivity index (χ3v) is 3.26. The number of thiophene rings is 1. The van der Waals surface area contributed by atoms with Crippen molar-refractivity contribution in [2.45, 2.75) is 25.7 Å². The molecule has 0 saturated carbocycles. The van der Waals surface area contributed by atoms with E-state index in [2.05, 4.69) is 10.6 Å². The molecule has 19 heavy (non-hydrogen) atoms. The van der Waals surface area contributed by atoms with E-state index in [1.807, 2.05) is 5.38 Å². The molecular formula is C13H20N2O3S. The van der Waals surface area contributed by atoms with Crippen molar-refractivity contribution in [1.29, 1.82) is 0 Å². The van der Waals surface area contributed by atoms with E-state index in [-0.39, 0.29) is 24.8 Å². The number of hydrogen-bond donors (Lipinski definition) is 3. The molecule has 3 N–H and O–H groups in total. The summed E-state index contributed by atoms with van der Waals surface area (Å²) in [6.07, 6.45) is 2.84. The second kappa shape index (κ2) is 9.52. The van der Waals surface area contributed by atoms with Crippen LogP contribution in [-0.4, -0.2) is 36.6 Å². The number of carbonyl (C=O) groups is 2. The second-order valence-corrected chi connectivity index (χ2v) is 4.93. The SMILES string of the molecule is O=C(CCNC(=O)c1ccsc1)NCCCCCO. The average molecular weight is 284 g/mol. The molecule has 0 bridgehead atoms. The average Bonchev–Trinajstić information content (AvgIpc) is 2.92. The molecule has 0 aliphatic heterocycles. The fourth-order valence-electron chi connectivity index (χ4n) is 1.52. The molecule has 5 nitrogen and oxygen atoms in total. The number of aliphatic hydroxyl groups is 1. The first kappa shape index (κ1) is 15.7. The van der Waals surface area contributed by atoms with Crippen LogP contribution in [0.2, 0.25) is 0 Å².